The number of furan rings is 1. The summed E-state index contributed by atoms with van der Waals surface area (Å²) in [5, 5.41) is 8.33. The predicted molar refractivity (Wildman–Crippen MR) is 63.0 cm³/mol. The second kappa shape index (κ2) is 5.48. The predicted octanol–water partition coefficient (Wildman–Crippen LogP) is 1.30. The molecule has 1 heterocycles. The first-order chi connectivity index (χ1) is 7.87. The van der Waals surface area contributed by atoms with Crippen molar-refractivity contribution in [3.8, 4) is 0 Å². The van der Waals surface area contributed by atoms with E-state index >= 15 is 0 Å². The molecule has 0 aromatic carbocycles. The Balaban J connectivity index is 3.07. The molecule has 0 aliphatic carbocycles. The summed E-state index contributed by atoms with van der Waals surface area (Å²) in [6.07, 6.45) is 1.30. The largest absolute Gasteiger partial charge is 0.480 e. The van der Waals surface area contributed by atoms with Crippen molar-refractivity contribution in [2.24, 2.45) is 0 Å². The van der Waals surface area contributed by atoms with Crippen LogP contribution in [0.3, 0.4) is 0 Å². The van der Waals surface area contributed by atoms with Crippen LogP contribution < -0.4 is 0 Å². The van der Waals surface area contributed by atoms with E-state index < -0.39 is 22.5 Å². The zero-order valence-electron chi connectivity index (χ0n) is 8.67. The van der Waals surface area contributed by atoms with Crippen LogP contribution in [-0.2, 0) is 14.8 Å². The molecule has 94 valence electrons. The zero-order valence-corrected chi connectivity index (χ0v) is 11.1. The topological polar surface area (TPSA) is 87.8 Å². The minimum absolute atomic E-state index is 0.104. The molecule has 0 unspecified atom stereocenters. The molecule has 0 atom stereocenters. The first-order valence-corrected chi connectivity index (χ1v) is 6.69. The van der Waals surface area contributed by atoms with Gasteiger partial charge in [-0.1, -0.05) is 6.08 Å². The van der Waals surface area contributed by atoms with Crippen molar-refractivity contribution in [3.05, 3.63) is 29.5 Å². The van der Waals surface area contributed by atoms with E-state index in [1.165, 1.54) is 18.2 Å². The molecule has 17 heavy (non-hydrogen) atoms. The number of carboxylic acid groups (broad SMARTS) is 1. The molecule has 0 saturated carbocycles. The highest BCUT2D eigenvalue weighted by atomic mass is 79.9. The van der Waals surface area contributed by atoms with Gasteiger partial charge in [-0.05, 0) is 28.1 Å². The average molecular weight is 324 g/mol. The van der Waals surface area contributed by atoms with Gasteiger partial charge in [-0.3, -0.25) is 4.79 Å². The molecule has 0 saturated heterocycles. The lowest BCUT2D eigenvalue weighted by atomic mass is 10.6. The van der Waals surface area contributed by atoms with E-state index in [1.807, 2.05) is 0 Å². The van der Waals surface area contributed by atoms with Gasteiger partial charge in [0.25, 0.3) is 10.0 Å². The van der Waals surface area contributed by atoms with Crippen molar-refractivity contribution in [3.63, 3.8) is 0 Å². The van der Waals surface area contributed by atoms with Gasteiger partial charge in [-0.25, -0.2) is 8.42 Å². The molecule has 0 bridgehead atoms. The summed E-state index contributed by atoms with van der Waals surface area (Å²) < 4.78 is 29.9. The van der Waals surface area contributed by atoms with E-state index in [1.54, 1.807) is 0 Å². The Bertz CT molecular complexity index is 521. The Hall–Kier alpha value is -1.12. The molecule has 1 aromatic rings. The summed E-state index contributed by atoms with van der Waals surface area (Å²) >= 11 is 2.98. The normalized spacial score (nSPS) is 11.6. The maximum atomic E-state index is 12.0. The molecule has 0 spiro atoms. The third-order valence-corrected chi connectivity index (χ3v) is 3.90. The summed E-state index contributed by atoms with van der Waals surface area (Å²) in [7, 11) is -3.95. The molecular formula is C9H10BrNO5S. The lowest BCUT2D eigenvalue weighted by Crippen LogP contribution is -2.35. The maximum Gasteiger partial charge on any atom is 0.318 e. The van der Waals surface area contributed by atoms with Crippen LogP contribution in [-0.4, -0.2) is 36.9 Å². The molecule has 1 rings (SSSR count). The quantitative estimate of drug-likeness (QED) is 0.797. The highest BCUT2D eigenvalue weighted by Gasteiger charge is 2.28. The van der Waals surface area contributed by atoms with E-state index in [0.29, 0.717) is 0 Å². The van der Waals surface area contributed by atoms with Crippen LogP contribution in [0.4, 0.5) is 0 Å². The van der Waals surface area contributed by atoms with Crippen LogP contribution in [0.25, 0.3) is 0 Å². The SMILES string of the molecule is C=CCN(CC(=O)O)S(=O)(=O)c1ccc(Br)o1. The van der Waals surface area contributed by atoms with Crippen LogP contribution in [0.15, 0.2) is 39.0 Å². The number of sulfonamides is 1. The van der Waals surface area contributed by atoms with Crippen LogP contribution in [0.1, 0.15) is 0 Å². The monoisotopic (exact) mass is 323 g/mol. The summed E-state index contributed by atoms with van der Waals surface area (Å²) in [4.78, 5) is 10.6. The van der Waals surface area contributed by atoms with Crippen molar-refractivity contribution in [1.29, 1.82) is 0 Å². The molecule has 1 N–H and O–H groups in total. The van der Waals surface area contributed by atoms with Crippen LogP contribution in [0.5, 0.6) is 0 Å². The molecule has 0 aliphatic rings. The fourth-order valence-corrected chi connectivity index (χ4v) is 2.79. The van der Waals surface area contributed by atoms with Gasteiger partial charge in [0.1, 0.15) is 6.54 Å². The van der Waals surface area contributed by atoms with Crippen LogP contribution in [0, 0.1) is 0 Å². The molecular weight excluding hydrogens is 314 g/mol. The summed E-state index contributed by atoms with van der Waals surface area (Å²) in [5.41, 5.74) is 0. The average Bonchev–Trinajstić information content (AvgIpc) is 2.64. The summed E-state index contributed by atoms with van der Waals surface area (Å²) in [5.74, 6) is -1.25. The fourth-order valence-electron chi connectivity index (χ4n) is 1.11. The van der Waals surface area contributed by atoms with E-state index in [-0.39, 0.29) is 16.3 Å². The van der Waals surface area contributed by atoms with E-state index in [9.17, 15) is 13.2 Å². The Kier molecular flexibility index (Phi) is 4.49. The molecule has 0 aliphatic heterocycles. The number of nitrogens with zero attached hydrogens (tertiary/aromatic N) is 1. The van der Waals surface area contributed by atoms with Gasteiger partial charge in [0.2, 0.25) is 5.09 Å². The number of halogens is 1. The lowest BCUT2D eigenvalue weighted by molar-refractivity contribution is -0.137. The first-order valence-electron chi connectivity index (χ1n) is 4.46. The number of hydrogen-bond donors (Lipinski definition) is 1. The molecule has 8 heteroatoms. The van der Waals surface area contributed by atoms with Gasteiger partial charge in [0.15, 0.2) is 4.67 Å². The minimum Gasteiger partial charge on any atom is -0.480 e. The van der Waals surface area contributed by atoms with Gasteiger partial charge >= 0.3 is 5.97 Å². The van der Waals surface area contributed by atoms with E-state index in [2.05, 4.69) is 22.5 Å². The highest BCUT2D eigenvalue weighted by molar-refractivity contribution is 9.10. The number of aliphatic carboxylic acids is 1. The minimum atomic E-state index is -3.95. The highest BCUT2D eigenvalue weighted by Crippen LogP contribution is 2.21. The van der Waals surface area contributed by atoms with Crippen LogP contribution >= 0.6 is 15.9 Å². The van der Waals surface area contributed by atoms with Crippen molar-refractivity contribution in [2.75, 3.05) is 13.1 Å². The molecule has 6 nitrogen and oxygen atoms in total. The lowest BCUT2D eigenvalue weighted by Gasteiger charge is -2.16. The smallest absolute Gasteiger partial charge is 0.318 e. The van der Waals surface area contributed by atoms with Gasteiger partial charge in [-0.2, -0.15) is 4.31 Å². The van der Waals surface area contributed by atoms with Crippen molar-refractivity contribution >= 4 is 31.9 Å². The number of hydrogen-bond acceptors (Lipinski definition) is 4. The van der Waals surface area contributed by atoms with Gasteiger partial charge in [-0.15, -0.1) is 6.58 Å². The Morgan fingerprint density at radius 1 is 1.59 bits per heavy atom. The third kappa shape index (κ3) is 3.42. The number of carboxylic acids is 1. The number of carbonyl (C=O) groups is 1. The molecule has 0 fully saturated rings. The Morgan fingerprint density at radius 3 is 2.65 bits per heavy atom. The Labute approximate surface area is 107 Å². The van der Waals surface area contributed by atoms with Crippen molar-refractivity contribution in [2.45, 2.75) is 5.09 Å². The summed E-state index contributed by atoms with van der Waals surface area (Å²) in [6, 6.07) is 2.66. The Morgan fingerprint density at radius 2 is 2.24 bits per heavy atom. The maximum absolute atomic E-state index is 12.0. The molecule has 1 aromatic heterocycles. The fraction of sp³-hybridized carbons (Fsp3) is 0.222. The van der Waals surface area contributed by atoms with Crippen LogP contribution in [0.2, 0.25) is 0 Å². The third-order valence-electron chi connectivity index (χ3n) is 1.79. The van der Waals surface area contributed by atoms with Gasteiger partial charge < -0.3 is 9.52 Å². The standard InChI is InChI=1S/C9H10BrNO5S/c1-2-5-11(6-8(12)13)17(14,15)9-4-3-7(10)16-9/h2-4H,1,5-6H2,(H,12,13). The number of rotatable bonds is 6. The zero-order chi connectivity index (χ0) is 13.1. The van der Waals surface area contributed by atoms with Gasteiger partial charge in [0.05, 0.1) is 0 Å². The van der Waals surface area contributed by atoms with Gasteiger partial charge in [0, 0.05) is 6.54 Å². The van der Waals surface area contributed by atoms with E-state index in [0.717, 1.165) is 4.31 Å². The second-order valence-electron chi connectivity index (χ2n) is 3.04. The summed E-state index contributed by atoms with van der Waals surface area (Å²) in [6.45, 7) is 2.63. The first kappa shape index (κ1) is 13.9. The van der Waals surface area contributed by atoms with Crippen molar-refractivity contribution < 1.29 is 22.7 Å². The van der Waals surface area contributed by atoms with Crippen molar-refractivity contribution in [1.82, 2.24) is 4.31 Å². The molecule has 0 amide bonds. The molecule has 0 radical (unpaired) electrons. The van der Waals surface area contributed by atoms with E-state index in [4.69, 9.17) is 9.52 Å². The second-order valence-corrected chi connectivity index (χ2v) is 5.69.